The van der Waals surface area contributed by atoms with Gasteiger partial charge in [0.05, 0.1) is 17.7 Å². The van der Waals surface area contributed by atoms with E-state index in [1.165, 1.54) is 43.6 Å². The molecule has 3 aromatic rings. The molecule has 27 heavy (non-hydrogen) atoms. The van der Waals surface area contributed by atoms with E-state index in [1.54, 1.807) is 13.1 Å². The summed E-state index contributed by atoms with van der Waals surface area (Å²) in [6.07, 6.45) is 1.42. The smallest absolute Gasteiger partial charge is 0.268 e. The molecule has 5 nitrogen and oxygen atoms in total. The van der Waals surface area contributed by atoms with Crippen LogP contribution in [-0.4, -0.2) is 26.5 Å². The Morgan fingerprint density at radius 3 is 2.37 bits per heavy atom. The molecule has 0 aliphatic rings. The lowest BCUT2D eigenvalue weighted by molar-refractivity contribution is 0.414. The van der Waals surface area contributed by atoms with Gasteiger partial charge in [-0.15, -0.1) is 0 Å². The molecule has 8 heteroatoms. The molecule has 0 spiro atoms. The molecule has 0 amide bonds. The Morgan fingerprint density at radius 1 is 1.07 bits per heavy atom. The first-order chi connectivity index (χ1) is 12.9. The van der Waals surface area contributed by atoms with Crippen LogP contribution in [0, 0.1) is 11.6 Å². The third-order valence-corrected chi connectivity index (χ3v) is 5.73. The van der Waals surface area contributed by atoms with Crippen LogP contribution in [0.25, 0.3) is 11.3 Å². The van der Waals surface area contributed by atoms with Crippen LogP contribution in [0.1, 0.15) is 5.56 Å². The van der Waals surface area contributed by atoms with E-state index >= 15 is 0 Å². The molecule has 0 fully saturated rings. The average molecular weight is 392 g/mol. The molecule has 3 rings (SSSR count). The lowest BCUT2D eigenvalue weighted by Gasteiger charge is -2.12. The molecule has 0 aliphatic carbocycles. The zero-order valence-corrected chi connectivity index (χ0v) is 15.6. The number of hydrogen-bond acceptors (Lipinski definition) is 4. The Morgan fingerprint density at radius 2 is 1.78 bits per heavy atom. The first kappa shape index (κ1) is 19.1. The molecule has 1 N–H and O–H groups in total. The maximum atomic E-state index is 14.3. The van der Waals surface area contributed by atoms with Crippen molar-refractivity contribution in [3.05, 3.63) is 71.9 Å². The second-order valence-corrected chi connectivity index (χ2v) is 7.68. The molecular weight excluding hydrogens is 374 g/mol. The highest BCUT2D eigenvalue weighted by Crippen LogP contribution is 2.30. The average Bonchev–Trinajstić information content (AvgIpc) is 3.06. The van der Waals surface area contributed by atoms with Gasteiger partial charge in [-0.25, -0.2) is 21.2 Å². The molecule has 0 bridgehead atoms. The van der Waals surface area contributed by atoms with Crippen molar-refractivity contribution in [2.24, 2.45) is 0 Å². The Hall–Kier alpha value is -2.71. The summed E-state index contributed by atoms with van der Waals surface area (Å²) in [5, 5.41) is 2.93. The number of aromatic nitrogens is 1. The first-order valence-corrected chi connectivity index (χ1v) is 9.51. The molecule has 142 valence electrons. The van der Waals surface area contributed by atoms with E-state index in [4.69, 9.17) is 4.74 Å². The molecule has 0 unspecified atom stereocenters. The van der Waals surface area contributed by atoms with Gasteiger partial charge in [0.25, 0.3) is 10.0 Å². The highest BCUT2D eigenvalue weighted by molar-refractivity contribution is 7.90. The van der Waals surface area contributed by atoms with Gasteiger partial charge in [0.2, 0.25) is 0 Å². The molecule has 2 aromatic carbocycles. The predicted molar refractivity (Wildman–Crippen MR) is 98.1 cm³/mol. The van der Waals surface area contributed by atoms with Crippen molar-refractivity contribution in [2.45, 2.75) is 11.4 Å². The maximum absolute atomic E-state index is 14.3. The Kier molecular flexibility index (Phi) is 5.29. The van der Waals surface area contributed by atoms with E-state index in [0.29, 0.717) is 17.9 Å². The van der Waals surface area contributed by atoms with Crippen LogP contribution >= 0.6 is 0 Å². The topological polar surface area (TPSA) is 60.3 Å². The van der Waals surface area contributed by atoms with Gasteiger partial charge in [-0.3, -0.25) is 0 Å². The summed E-state index contributed by atoms with van der Waals surface area (Å²) < 4.78 is 59.9. The third-order valence-electron chi connectivity index (χ3n) is 4.05. The second-order valence-electron chi connectivity index (χ2n) is 5.86. The highest BCUT2D eigenvalue weighted by Gasteiger charge is 2.23. The van der Waals surface area contributed by atoms with E-state index < -0.39 is 21.7 Å². The highest BCUT2D eigenvalue weighted by atomic mass is 32.2. The largest absolute Gasteiger partial charge is 0.497 e. The van der Waals surface area contributed by atoms with Gasteiger partial charge in [0.15, 0.2) is 0 Å². The summed E-state index contributed by atoms with van der Waals surface area (Å²) in [5.74, 6) is -1.06. The molecule has 0 radical (unpaired) electrons. The maximum Gasteiger partial charge on any atom is 0.268 e. The zero-order chi connectivity index (χ0) is 19.6. The van der Waals surface area contributed by atoms with Gasteiger partial charge in [-0.1, -0.05) is 0 Å². The quantitative estimate of drug-likeness (QED) is 0.699. The molecule has 0 atom stereocenters. The Balaban J connectivity index is 2.18. The second kappa shape index (κ2) is 7.50. The molecule has 0 saturated heterocycles. The van der Waals surface area contributed by atoms with Gasteiger partial charge in [0, 0.05) is 24.4 Å². The molecule has 1 aromatic heterocycles. The number of benzene rings is 2. The summed E-state index contributed by atoms with van der Waals surface area (Å²) in [6, 6.07) is 10.5. The van der Waals surface area contributed by atoms with Crippen molar-refractivity contribution in [2.75, 3.05) is 14.2 Å². The summed E-state index contributed by atoms with van der Waals surface area (Å²) in [5.41, 5.74) is 0.762. The zero-order valence-electron chi connectivity index (χ0n) is 14.7. The third kappa shape index (κ3) is 3.72. The van der Waals surface area contributed by atoms with Crippen molar-refractivity contribution in [3.63, 3.8) is 0 Å². The normalized spacial score (nSPS) is 11.6. The number of hydrogen-bond donors (Lipinski definition) is 1. The lowest BCUT2D eigenvalue weighted by Crippen LogP contribution is -2.14. The van der Waals surface area contributed by atoms with Crippen molar-refractivity contribution < 1.29 is 21.9 Å². The van der Waals surface area contributed by atoms with Crippen LogP contribution in [0.3, 0.4) is 0 Å². The summed E-state index contributed by atoms with van der Waals surface area (Å²) in [6.45, 7) is 0.390. The van der Waals surface area contributed by atoms with E-state index in [9.17, 15) is 17.2 Å². The standard InChI is InChI=1S/C19H18F2N2O3S/c1-22-11-13-9-19(17-8-3-14(20)10-18(17)21)23(12-13)27(24,25)16-6-4-15(26-2)5-7-16/h3-10,12,22H,11H2,1-2H3. The number of methoxy groups -OCH3 is 1. The number of rotatable bonds is 6. The number of nitrogens with zero attached hydrogens (tertiary/aromatic N) is 1. The first-order valence-electron chi connectivity index (χ1n) is 8.07. The number of ether oxygens (including phenoxy) is 1. The minimum absolute atomic E-state index is 0.00385. The van der Waals surface area contributed by atoms with Crippen LogP contribution in [0.4, 0.5) is 8.78 Å². The van der Waals surface area contributed by atoms with Crippen molar-refractivity contribution >= 4 is 10.0 Å². The summed E-state index contributed by atoms with van der Waals surface area (Å²) in [4.78, 5) is 0.0266. The fraction of sp³-hybridized carbons (Fsp3) is 0.158. The van der Waals surface area contributed by atoms with Gasteiger partial charge < -0.3 is 10.1 Å². The monoisotopic (exact) mass is 392 g/mol. The van der Waals surface area contributed by atoms with Gasteiger partial charge in [-0.05, 0) is 55.1 Å². The summed E-state index contributed by atoms with van der Waals surface area (Å²) >= 11 is 0. The molecule has 0 aliphatic heterocycles. The Bertz CT molecular complexity index is 1060. The minimum Gasteiger partial charge on any atom is -0.497 e. The SMILES string of the molecule is CNCc1cc(-c2ccc(F)cc2F)n(S(=O)(=O)c2ccc(OC)cc2)c1. The van der Waals surface area contributed by atoms with Crippen molar-refractivity contribution in [3.8, 4) is 17.0 Å². The lowest BCUT2D eigenvalue weighted by atomic mass is 10.1. The van der Waals surface area contributed by atoms with Crippen LogP contribution in [0.15, 0.2) is 59.6 Å². The van der Waals surface area contributed by atoms with Crippen LogP contribution < -0.4 is 10.1 Å². The van der Waals surface area contributed by atoms with Crippen LogP contribution in [0.2, 0.25) is 0 Å². The van der Waals surface area contributed by atoms with Crippen LogP contribution in [-0.2, 0) is 16.6 Å². The van der Waals surface area contributed by atoms with E-state index in [-0.39, 0.29) is 16.2 Å². The minimum atomic E-state index is -3.99. The fourth-order valence-corrected chi connectivity index (χ4v) is 4.14. The molecular formula is C19H18F2N2O3S. The molecule has 0 saturated carbocycles. The Labute approximate surface area is 156 Å². The number of halogens is 2. The molecule has 1 heterocycles. The van der Waals surface area contributed by atoms with Crippen LogP contribution in [0.5, 0.6) is 5.75 Å². The van der Waals surface area contributed by atoms with Gasteiger partial charge >= 0.3 is 0 Å². The van der Waals surface area contributed by atoms with Gasteiger partial charge in [-0.2, -0.15) is 0 Å². The predicted octanol–water partition coefficient (Wildman–Crippen LogP) is 3.40. The fourth-order valence-electron chi connectivity index (χ4n) is 2.75. The van der Waals surface area contributed by atoms with E-state index in [2.05, 4.69) is 5.32 Å². The van der Waals surface area contributed by atoms with Crippen molar-refractivity contribution in [1.29, 1.82) is 0 Å². The van der Waals surface area contributed by atoms with Gasteiger partial charge in [0.1, 0.15) is 17.4 Å². The summed E-state index contributed by atoms with van der Waals surface area (Å²) in [7, 11) is -0.797. The van der Waals surface area contributed by atoms with E-state index in [1.807, 2.05) is 0 Å². The number of nitrogens with one attached hydrogen (secondary N) is 1. The van der Waals surface area contributed by atoms with Crippen molar-refractivity contribution in [1.82, 2.24) is 9.29 Å². The van der Waals surface area contributed by atoms with E-state index in [0.717, 1.165) is 16.1 Å².